The van der Waals surface area contributed by atoms with Crippen LogP contribution in [0.1, 0.15) is 70.7 Å². The quantitative estimate of drug-likeness (QED) is 0.348. The van der Waals surface area contributed by atoms with Crippen LogP contribution in [0.15, 0.2) is 36.7 Å². The maximum Gasteiger partial charge on any atom is 0.410 e. The van der Waals surface area contributed by atoms with E-state index in [1.54, 1.807) is 6.33 Å². The maximum absolute atomic E-state index is 13.6. The fraction of sp³-hybridized carbons (Fsp3) is 0.567. The lowest BCUT2D eigenvalue weighted by molar-refractivity contribution is -0.155. The fourth-order valence-corrected chi connectivity index (χ4v) is 4.68. The molecule has 2 heterocycles. The third-order valence-electron chi connectivity index (χ3n) is 7.30. The molecule has 1 aromatic carbocycles. The van der Waals surface area contributed by atoms with Crippen molar-refractivity contribution in [2.75, 3.05) is 31.1 Å². The van der Waals surface area contributed by atoms with Gasteiger partial charge in [0.15, 0.2) is 5.60 Å². The molecule has 214 valence electrons. The molecule has 1 amide bonds. The Morgan fingerprint density at radius 1 is 1.15 bits per heavy atom. The first-order valence-corrected chi connectivity index (χ1v) is 14.1. The molecule has 1 aliphatic heterocycles. The van der Waals surface area contributed by atoms with Crippen molar-refractivity contribution in [2.45, 2.75) is 78.7 Å². The van der Waals surface area contributed by atoms with Gasteiger partial charge in [0.05, 0.1) is 5.69 Å². The largest absolute Gasteiger partial charge is 0.437 e. The molecule has 1 aromatic heterocycles. The van der Waals surface area contributed by atoms with Crippen molar-refractivity contribution in [3.63, 3.8) is 0 Å². The Morgan fingerprint density at radius 2 is 1.82 bits per heavy atom. The molecule has 2 aromatic rings. The molecule has 0 spiro atoms. The highest BCUT2D eigenvalue weighted by Gasteiger charge is 2.46. The normalized spacial score (nSPS) is 16.5. The van der Waals surface area contributed by atoms with Crippen LogP contribution >= 0.6 is 11.6 Å². The number of aryl methyl sites for hydroxylation is 2. The summed E-state index contributed by atoms with van der Waals surface area (Å²) in [4.78, 5) is 24.9. The zero-order valence-electron chi connectivity index (χ0n) is 23.9. The summed E-state index contributed by atoms with van der Waals surface area (Å²) in [7, 11) is 0. The lowest BCUT2D eigenvalue weighted by Crippen LogP contribution is -2.53. The van der Waals surface area contributed by atoms with Gasteiger partial charge >= 0.3 is 6.09 Å². The Labute approximate surface area is 236 Å². The van der Waals surface area contributed by atoms with E-state index in [0.717, 1.165) is 35.4 Å². The summed E-state index contributed by atoms with van der Waals surface area (Å²) in [5, 5.41) is 0.839. The van der Waals surface area contributed by atoms with Gasteiger partial charge in [-0.15, -0.1) is 0 Å². The van der Waals surface area contributed by atoms with Gasteiger partial charge in [0.1, 0.15) is 12.1 Å². The van der Waals surface area contributed by atoms with Crippen molar-refractivity contribution < 1.29 is 18.3 Å². The number of alkyl halides is 2. The minimum absolute atomic E-state index is 0.390. The first-order valence-electron chi connectivity index (χ1n) is 13.7. The van der Waals surface area contributed by atoms with Crippen molar-refractivity contribution in [1.29, 1.82) is 0 Å². The van der Waals surface area contributed by atoms with E-state index in [2.05, 4.69) is 33.9 Å². The molecule has 0 N–H and O–H groups in total. The second kappa shape index (κ2) is 13.1. The topological polar surface area (TPSA) is 58.6 Å². The summed E-state index contributed by atoms with van der Waals surface area (Å²) in [5.41, 5.74) is 2.79. The molecular formula is C30H41ClF2N4O2. The van der Waals surface area contributed by atoms with Crippen LogP contribution in [0.25, 0.3) is 5.57 Å². The molecule has 4 rings (SSSR count). The zero-order chi connectivity index (χ0) is 28.8. The zero-order valence-corrected chi connectivity index (χ0v) is 24.7. The predicted octanol–water partition coefficient (Wildman–Crippen LogP) is 7.58. The van der Waals surface area contributed by atoms with E-state index in [0.29, 0.717) is 32.1 Å². The van der Waals surface area contributed by atoms with Crippen LogP contribution < -0.4 is 4.90 Å². The van der Waals surface area contributed by atoms with Crippen LogP contribution in [0.4, 0.5) is 19.4 Å². The van der Waals surface area contributed by atoms with Crippen molar-refractivity contribution in [3.05, 3.63) is 58.5 Å². The van der Waals surface area contributed by atoms with Crippen LogP contribution in [0.2, 0.25) is 5.02 Å². The molecule has 0 radical (unpaired) electrons. The van der Waals surface area contributed by atoms with E-state index >= 15 is 0 Å². The average Bonchev–Trinajstić information content (AvgIpc) is 3.71. The minimum atomic E-state index is -3.12. The monoisotopic (exact) mass is 562 g/mol. The third kappa shape index (κ3) is 8.13. The molecule has 6 nitrogen and oxygen atoms in total. The Kier molecular flexibility index (Phi) is 10.3. The van der Waals surface area contributed by atoms with Crippen LogP contribution in [0.5, 0.6) is 0 Å². The van der Waals surface area contributed by atoms with Gasteiger partial charge in [-0.25, -0.2) is 23.5 Å². The van der Waals surface area contributed by atoms with Crippen molar-refractivity contribution in [2.24, 2.45) is 5.92 Å². The molecule has 0 bridgehead atoms. The molecule has 1 aliphatic carbocycles. The Bertz CT molecular complexity index is 1150. The smallest absolute Gasteiger partial charge is 0.410 e. The average molecular weight is 563 g/mol. The summed E-state index contributed by atoms with van der Waals surface area (Å²) in [6.07, 6.45) is 7.69. The van der Waals surface area contributed by atoms with Gasteiger partial charge in [-0.1, -0.05) is 43.2 Å². The van der Waals surface area contributed by atoms with Gasteiger partial charge in [-0.2, -0.15) is 0 Å². The van der Waals surface area contributed by atoms with E-state index in [-0.39, 0.29) is 0 Å². The number of halogens is 3. The highest BCUT2D eigenvalue weighted by molar-refractivity contribution is 6.30. The van der Waals surface area contributed by atoms with E-state index in [9.17, 15) is 13.6 Å². The van der Waals surface area contributed by atoms with Gasteiger partial charge in [-0.05, 0) is 76.1 Å². The number of benzene rings is 1. The summed E-state index contributed by atoms with van der Waals surface area (Å²) in [5.74, 6) is -1.67. The summed E-state index contributed by atoms with van der Waals surface area (Å²) in [6, 6.07) is 8.02. The fourth-order valence-electron chi connectivity index (χ4n) is 4.47. The predicted molar refractivity (Wildman–Crippen MR) is 154 cm³/mol. The number of rotatable bonds is 7. The van der Waals surface area contributed by atoms with Crippen molar-refractivity contribution >= 4 is 29.1 Å². The number of amides is 1. The summed E-state index contributed by atoms with van der Waals surface area (Å²) in [6.45, 7) is 11.3. The number of hydrogen-bond donors (Lipinski definition) is 0. The van der Waals surface area contributed by atoms with Gasteiger partial charge in [0.2, 0.25) is 0 Å². The number of hydrogen-bond acceptors (Lipinski definition) is 5. The Balaban J connectivity index is 0.000000353. The summed E-state index contributed by atoms with van der Waals surface area (Å²) >= 11 is 5.78. The lowest BCUT2D eigenvalue weighted by atomic mass is 9.99. The van der Waals surface area contributed by atoms with E-state index in [1.807, 2.05) is 32.0 Å². The number of carbonyl (C=O) groups is 1. The van der Waals surface area contributed by atoms with Crippen LogP contribution in [0.3, 0.4) is 0 Å². The second-order valence-corrected chi connectivity index (χ2v) is 11.2. The molecule has 2 fully saturated rings. The number of anilines is 1. The lowest BCUT2D eigenvalue weighted by Gasteiger charge is -2.38. The van der Waals surface area contributed by atoms with E-state index in [4.69, 9.17) is 16.3 Å². The van der Waals surface area contributed by atoms with Gasteiger partial charge in [0, 0.05) is 43.7 Å². The Morgan fingerprint density at radius 3 is 2.36 bits per heavy atom. The van der Waals surface area contributed by atoms with Gasteiger partial charge in [0.25, 0.3) is 5.92 Å². The number of carbonyl (C=O) groups excluding carboxylic acids is 1. The van der Waals surface area contributed by atoms with E-state index < -0.39 is 17.6 Å². The van der Waals surface area contributed by atoms with Crippen molar-refractivity contribution in [3.8, 4) is 0 Å². The van der Waals surface area contributed by atoms with Crippen LogP contribution in [-0.2, 0) is 11.2 Å². The number of ether oxygens (including phenoxy) is 1. The van der Waals surface area contributed by atoms with Gasteiger partial charge < -0.3 is 14.5 Å². The Hall–Kier alpha value is -2.74. The van der Waals surface area contributed by atoms with Crippen molar-refractivity contribution in [1.82, 2.24) is 14.9 Å². The standard InChI is InChI=1S/C21H30F2N4O2.C9H11Cl/c1-6-16(15-7-8-15)17-14(2)24-13-25-18(17)26-9-11-27(12-10-26)19(28)29-20(3,4)21(5,22)23;1-2-4-8-5-3-6-9(10)7-8/h6,13,15H,7-12H2,1-5H3;3,5-7H,2,4H2,1H3/b16-6-;. The number of nitrogens with zero attached hydrogens (tertiary/aromatic N) is 4. The molecule has 9 heteroatoms. The number of allylic oxidation sites excluding steroid dienone is 2. The second-order valence-electron chi connectivity index (χ2n) is 10.8. The summed E-state index contributed by atoms with van der Waals surface area (Å²) < 4.78 is 32.4. The molecule has 1 saturated carbocycles. The first kappa shape index (κ1) is 30.8. The minimum Gasteiger partial charge on any atom is -0.437 e. The maximum atomic E-state index is 13.6. The number of piperazine rings is 1. The highest BCUT2D eigenvalue weighted by atomic mass is 35.5. The van der Waals surface area contributed by atoms with Crippen LogP contribution in [-0.4, -0.2) is 58.7 Å². The van der Waals surface area contributed by atoms with E-state index in [1.165, 1.54) is 49.1 Å². The molecule has 0 atom stereocenters. The highest BCUT2D eigenvalue weighted by Crippen LogP contribution is 2.45. The number of aromatic nitrogens is 2. The third-order valence-corrected chi connectivity index (χ3v) is 7.53. The molecular weight excluding hydrogens is 522 g/mol. The molecule has 0 unspecified atom stereocenters. The van der Waals surface area contributed by atoms with Gasteiger partial charge in [-0.3, -0.25) is 0 Å². The SMILES string of the molecule is C/C=C(\c1c(C)ncnc1N1CCN(C(=O)OC(C)(C)C(C)(F)F)CC1)C1CC1.CCCc1cccc(Cl)c1. The molecule has 39 heavy (non-hydrogen) atoms. The molecule has 2 aliphatic rings. The molecule has 1 saturated heterocycles. The first-order chi connectivity index (χ1) is 18.4. The van der Waals surface area contributed by atoms with Crippen LogP contribution in [0, 0.1) is 12.8 Å².